The molecule has 0 fully saturated rings. The molecule has 3 atom stereocenters. The third-order valence-electron chi connectivity index (χ3n) is 3.44. The molecule has 3 nitrogen and oxygen atoms in total. The summed E-state index contributed by atoms with van der Waals surface area (Å²) in [6.45, 7) is 3.36. The fourth-order valence-corrected chi connectivity index (χ4v) is 4.11. The number of nitrogens with two attached hydrogens (primary N) is 1. The monoisotopic (exact) mass is 243 g/mol. The Morgan fingerprint density at radius 2 is 1.94 bits per heavy atom. The molecule has 0 saturated carbocycles. The minimum atomic E-state index is -3.59. The Bertz CT molecular complexity index is 527. The van der Waals surface area contributed by atoms with Crippen LogP contribution in [-0.4, -0.2) is 13.7 Å². The number of benzene rings is 1. The van der Waals surface area contributed by atoms with Gasteiger partial charge in [-0.05, 0) is 24.5 Å². The molecule has 1 aliphatic rings. The van der Waals surface area contributed by atoms with Crippen LogP contribution in [0.1, 0.15) is 25.5 Å². The standard InChI is InChI=1S/C11H14FNO2S/c1-6-7(2)16(14,15)11-8(10(6)13)4-3-5-9(11)12/h3-7,10H,13H2,1-2H3. The Morgan fingerprint density at radius 1 is 1.31 bits per heavy atom. The van der Waals surface area contributed by atoms with Gasteiger partial charge in [0.1, 0.15) is 10.7 Å². The Kier molecular flexibility index (Phi) is 2.55. The number of rotatable bonds is 0. The summed E-state index contributed by atoms with van der Waals surface area (Å²) in [6, 6.07) is 3.81. The first-order valence-electron chi connectivity index (χ1n) is 5.15. The summed E-state index contributed by atoms with van der Waals surface area (Å²) in [4.78, 5) is -0.215. The molecule has 0 aromatic heterocycles. The zero-order valence-corrected chi connectivity index (χ0v) is 9.96. The number of fused-ring (bicyclic) bond motifs is 1. The van der Waals surface area contributed by atoms with Gasteiger partial charge in [-0.25, -0.2) is 12.8 Å². The van der Waals surface area contributed by atoms with Crippen LogP contribution in [0.3, 0.4) is 0 Å². The Hall–Kier alpha value is -0.940. The van der Waals surface area contributed by atoms with Crippen LogP contribution in [0.25, 0.3) is 0 Å². The molecule has 1 aromatic rings. The molecular formula is C11H14FNO2S. The van der Waals surface area contributed by atoms with Gasteiger partial charge in [-0.1, -0.05) is 19.1 Å². The molecule has 3 unspecified atom stereocenters. The van der Waals surface area contributed by atoms with E-state index in [1.807, 2.05) is 0 Å². The van der Waals surface area contributed by atoms with Crippen LogP contribution in [-0.2, 0) is 9.84 Å². The van der Waals surface area contributed by atoms with E-state index in [0.29, 0.717) is 5.56 Å². The normalized spacial score (nSPS) is 32.1. The van der Waals surface area contributed by atoms with Crippen LogP contribution in [0.5, 0.6) is 0 Å². The van der Waals surface area contributed by atoms with E-state index < -0.39 is 26.9 Å². The van der Waals surface area contributed by atoms with Gasteiger partial charge in [0.25, 0.3) is 0 Å². The predicted octanol–water partition coefficient (Wildman–Crippen LogP) is 1.64. The van der Waals surface area contributed by atoms with Gasteiger partial charge >= 0.3 is 0 Å². The minimum Gasteiger partial charge on any atom is -0.324 e. The van der Waals surface area contributed by atoms with Crippen LogP contribution in [0.15, 0.2) is 23.1 Å². The summed E-state index contributed by atoms with van der Waals surface area (Å²) in [5.41, 5.74) is 6.33. The smallest absolute Gasteiger partial charge is 0.184 e. The minimum absolute atomic E-state index is 0.209. The lowest BCUT2D eigenvalue weighted by Crippen LogP contribution is -2.39. The Labute approximate surface area is 94.4 Å². The lowest BCUT2D eigenvalue weighted by molar-refractivity contribution is 0.416. The molecule has 0 amide bonds. The van der Waals surface area contributed by atoms with E-state index in [4.69, 9.17) is 5.73 Å². The third kappa shape index (κ3) is 1.38. The van der Waals surface area contributed by atoms with Gasteiger partial charge < -0.3 is 5.73 Å². The van der Waals surface area contributed by atoms with Gasteiger partial charge in [-0.3, -0.25) is 0 Å². The number of hydrogen-bond donors (Lipinski definition) is 1. The Morgan fingerprint density at radius 3 is 2.56 bits per heavy atom. The van der Waals surface area contributed by atoms with Crippen molar-refractivity contribution in [1.82, 2.24) is 0 Å². The van der Waals surface area contributed by atoms with E-state index in [1.165, 1.54) is 6.07 Å². The first-order valence-corrected chi connectivity index (χ1v) is 6.70. The maximum absolute atomic E-state index is 13.6. The first-order chi connectivity index (χ1) is 7.37. The lowest BCUT2D eigenvalue weighted by atomic mass is 9.92. The van der Waals surface area contributed by atoms with E-state index >= 15 is 0 Å². The summed E-state index contributed by atoms with van der Waals surface area (Å²) in [6.07, 6.45) is 0. The molecular weight excluding hydrogens is 229 g/mol. The second-order valence-corrected chi connectivity index (χ2v) is 6.54. The van der Waals surface area contributed by atoms with Crippen LogP contribution in [0.2, 0.25) is 0 Å². The second-order valence-electron chi connectivity index (χ2n) is 4.29. The number of sulfone groups is 1. The van der Waals surface area contributed by atoms with E-state index in [9.17, 15) is 12.8 Å². The summed E-state index contributed by atoms with van der Waals surface area (Å²) >= 11 is 0. The number of hydrogen-bond acceptors (Lipinski definition) is 3. The summed E-state index contributed by atoms with van der Waals surface area (Å²) < 4.78 is 37.8. The fraction of sp³-hybridized carbons (Fsp3) is 0.455. The van der Waals surface area contributed by atoms with Gasteiger partial charge in [0.15, 0.2) is 9.84 Å². The summed E-state index contributed by atoms with van der Waals surface area (Å²) in [5, 5.41) is -0.646. The highest BCUT2D eigenvalue weighted by atomic mass is 32.2. The van der Waals surface area contributed by atoms with Gasteiger partial charge in [0, 0.05) is 6.04 Å². The van der Waals surface area contributed by atoms with E-state index in [-0.39, 0.29) is 10.8 Å². The quantitative estimate of drug-likeness (QED) is 0.753. The van der Waals surface area contributed by atoms with Crippen LogP contribution in [0.4, 0.5) is 4.39 Å². The highest BCUT2D eigenvalue weighted by molar-refractivity contribution is 7.92. The number of halogens is 1. The maximum atomic E-state index is 13.6. The van der Waals surface area contributed by atoms with E-state index in [2.05, 4.69) is 0 Å². The van der Waals surface area contributed by atoms with Crippen molar-refractivity contribution in [2.75, 3.05) is 0 Å². The molecule has 0 spiro atoms. The fourth-order valence-electron chi connectivity index (χ4n) is 2.13. The highest BCUT2D eigenvalue weighted by Crippen LogP contribution is 2.39. The van der Waals surface area contributed by atoms with Gasteiger partial charge in [0.2, 0.25) is 0 Å². The van der Waals surface area contributed by atoms with Gasteiger partial charge in [-0.15, -0.1) is 0 Å². The molecule has 2 N–H and O–H groups in total. The first kappa shape index (κ1) is 11.5. The zero-order chi connectivity index (χ0) is 12.1. The molecule has 1 aliphatic heterocycles. The molecule has 2 rings (SSSR count). The highest BCUT2D eigenvalue weighted by Gasteiger charge is 2.41. The van der Waals surface area contributed by atoms with Crippen LogP contribution >= 0.6 is 0 Å². The van der Waals surface area contributed by atoms with Gasteiger partial charge in [-0.2, -0.15) is 0 Å². The molecule has 1 heterocycles. The van der Waals surface area contributed by atoms with Crippen molar-refractivity contribution in [3.63, 3.8) is 0 Å². The van der Waals surface area contributed by atoms with Crippen molar-refractivity contribution in [1.29, 1.82) is 0 Å². The SMILES string of the molecule is CC1C(N)c2cccc(F)c2S(=O)(=O)C1C. The van der Waals surface area contributed by atoms with Crippen LogP contribution < -0.4 is 5.73 Å². The second kappa shape index (κ2) is 3.53. The van der Waals surface area contributed by atoms with Gasteiger partial charge in [0.05, 0.1) is 5.25 Å². The topological polar surface area (TPSA) is 60.2 Å². The van der Waals surface area contributed by atoms with Crippen molar-refractivity contribution in [2.24, 2.45) is 11.7 Å². The van der Waals surface area contributed by atoms with Crippen molar-refractivity contribution in [2.45, 2.75) is 30.0 Å². The molecule has 0 bridgehead atoms. The molecule has 0 saturated heterocycles. The van der Waals surface area contributed by atoms with Crippen LogP contribution in [0, 0.1) is 11.7 Å². The van der Waals surface area contributed by atoms with Crippen molar-refractivity contribution >= 4 is 9.84 Å². The third-order valence-corrected chi connectivity index (χ3v) is 5.85. The van der Waals surface area contributed by atoms with E-state index in [0.717, 1.165) is 6.07 Å². The average Bonchev–Trinajstić information content (AvgIpc) is 2.23. The molecule has 88 valence electrons. The predicted molar refractivity (Wildman–Crippen MR) is 59.1 cm³/mol. The zero-order valence-electron chi connectivity index (χ0n) is 9.14. The average molecular weight is 243 g/mol. The maximum Gasteiger partial charge on any atom is 0.184 e. The molecule has 5 heteroatoms. The Balaban J connectivity index is 2.80. The van der Waals surface area contributed by atoms with E-state index in [1.54, 1.807) is 19.9 Å². The molecule has 1 aromatic carbocycles. The summed E-state index contributed by atoms with van der Waals surface area (Å²) in [5.74, 6) is -0.911. The largest absolute Gasteiger partial charge is 0.324 e. The van der Waals surface area contributed by atoms with Crippen molar-refractivity contribution in [3.05, 3.63) is 29.6 Å². The molecule has 16 heavy (non-hydrogen) atoms. The molecule has 0 aliphatic carbocycles. The molecule has 0 radical (unpaired) electrons. The lowest BCUT2D eigenvalue weighted by Gasteiger charge is -2.33. The van der Waals surface area contributed by atoms with Crippen molar-refractivity contribution < 1.29 is 12.8 Å². The van der Waals surface area contributed by atoms with Crippen molar-refractivity contribution in [3.8, 4) is 0 Å². The summed E-state index contributed by atoms with van der Waals surface area (Å²) in [7, 11) is -3.59.